The summed E-state index contributed by atoms with van der Waals surface area (Å²) < 4.78 is 5.63. The van der Waals surface area contributed by atoms with E-state index in [1.54, 1.807) is 36.7 Å². The zero-order chi connectivity index (χ0) is 17.8. The molecule has 1 amide bonds. The van der Waals surface area contributed by atoms with Gasteiger partial charge in [0.15, 0.2) is 0 Å². The average molecular weight is 345 g/mol. The number of rotatable bonds is 6. The SMILES string of the molecule is O=C(NC[C@H]1C[C@H]1c1ccccc1)c1cccc(Oc2cnccn2)c1. The summed E-state index contributed by atoms with van der Waals surface area (Å²) in [7, 11) is 0. The highest BCUT2D eigenvalue weighted by molar-refractivity contribution is 5.94. The van der Waals surface area contributed by atoms with Gasteiger partial charge in [-0.1, -0.05) is 36.4 Å². The van der Waals surface area contributed by atoms with Crippen molar-refractivity contribution in [2.24, 2.45) is 5.92 Å². The summed E-state index contributed by atoms with van der Waals surface area (Å²) in [5.41, 5.74) is 1.93. The number of aromatic nitrogens is 2. The lowest BCUT2D eigenvalue weighted by atomic mass is 10.1. The first kappa shape index (κ1) is 16.3. The molecule has 1 fully saturated rings. The number of carbonyl (C=O) groups is 1. The van der Waals surface area contributed by atoms with E-state index in [1.165, 1.54) is 11.8 Å². The number of hydrogen-bond acceptors (Lipinski definition) is 4. The van der Waals surface area contributed by atoms with Gasteiger partial charge in [0, 0.05) is 24.5 Å². The molecule has 0 radical (unpaired) electrons. The molecular weight excluding hydrogens is 326 g/mol. The Labute approximate surface area is 152 Å². The predicted molar refractivity (Wildman–Crippen MR) is 98.2 cm³/mol. The zero-order valence-electron chi connectivity index (χ0n) is 14.2. The number of amides is 1. The maximum Gasteiger partial charge on any atom is 0.251 e. The molecule has 2 aromatic carbocycles. The molecule has 1 aliphatic rings. The number of benzene rings is 2. The summed E-state index contributed by atoms with van der Waals surface area (Å²) in [6.07, 6.45) is 5.80. The van der Waals surface area contributed by atoms with Gasteiger partial charge in [-0.3, -0.25) is 9.78 Å². The van der Waals surface area contributed by atoms with Crippen molar-refractivity contribution in [3.63, 3.8) is 0 Å². The molecule has 5 nitrogen and oxygen atoms in total. The predicted octanol–water partition coefficient (Wildman–Crippen LogP) is 3.80. The minimum absolute atomic E-state index is 0.0895. The summed E-state index contributed by atoms with van der Waals surface area (Å²) in [4.78, 5) is 20.5. The molecular formula is C21H19N3O2. The normalized spacial score (nSPS) is 18.2. The Morgan fingerprint density at radius 1 is 1.12 bits per heavy atom. The minimum atomic E-state index is -0.0895. The molecule has 0 saturated heterocycles. The Kier molecular flexibility index (Phi) is 4.60. The van der Waals surface area contributed by atoms with Gasteiger partial charge in [0.2, 0.25) is 5.88 Å². The van der Waals surface area contributed by atoms with E-state index in [1.807, 2.05) is 6.07 Å². The fourth-order valence-electron chi connectivity index (χ4n) is 3.07. The van der Waals surface area contributed by atoms with Crippen LogP contribution in [0.25, 0.3) is 0 Å². The number of hydrogen-bond donors (Lipinski definition) is 1. The van der Waals surface area contributed by atoms with Crippen LogP contribution in [0.3, 0.4) is 0 Å². The van der Waals surface area contributed by atoms with E-state index in [-0.39, 0.29) is 5.91 Å². The van der Waals surface area contributed by atoms with Crippen molar-refractivity contribution in [1.29, 1.82) is 0 Å². The van der Waals surface area contributed by atoms with Crippen LogP contribution in [0.15, 0.2) is 73.2 Å². The van der Waals surface area contributed by atoms with E-state index < -0.39 is 0 Å². The van der Waals surface area contributed by atoms with Crippen molar-refractivity contribution < 1.29 is 9.53 Å². The highest BCUT2D eigenvalue weighted by Crippen LogP contribution is 2.46. The lowest BCUT2D eigenvalue weighted by molar-refractivity contribution is 0.0951. The first-order valence-corrected chi connectivity index (χ1v) is 8.66. The molecule has 2 atom stereocenters. The van der Waals surface area contributed by atoms with Gasteiger partial charge in [0.25, 0.3) is 5.91 Å². The largest absolute Gasteiger partial charge is 0.437 e. The van der Waals surface area contributed by atoms with Crippen LogP contribution >= 0.6 is 0 Å². The second-order valence-electron chi connectivity index (χ2n) is 6.40. The molecule has 5 heteroatoms. The molecule has 130 valence electrons. The second kappa shape index (κ2) is 7.35. The number of nitrogens with zero attached hydrogens (tertiary/aromatic N) is 2. The third-order valence-corrected chi connectivity index (χ3v) is 4.53. The average Bonchev–Trinajstić information content (AvgIpc) is 3.48. The topological polar surface area (TPSA) is 64.1 Å². The molecule has 0 spiro atoms. The third kappa shape index (κ3) is 3.88. The maximum atomic E-state index is 12.4. The van der Waals surface area contributed by atoms with Crippen molar-refractivity contribution in [3.8, 4) is 11.6 Å². The third-order valence-electron chi connectivity index (χ3n) is 4.53. The van der Waals surface area contributed by atoms with E-state index in [0.29, 0.717) is 35.6 Å². The van der Waals surface area contributed by atoms with Gasteiger partial charge in [0.05, 0.1) is 6.20 Å². The molecule has 4 rings (SSSR count). The number of ether oxygens (including phenoxy) is 1. The van der Waals surface area contributed by atoms with E-state index in [2.05, 4.69) is 39.6 Å². The van der Waals surface area contributed by atoms with Crippen LogP contribution in [-0.2, 0) is 0 Å². The van der Waals surface area contributed by atoms with Crippen molar-refractivity contribution in [2.75, 3.05) is 6.54 Å². The Morgan fingerprint density at radius 2 is 2.00 bits per heavy atom. The summed E-state index contributed by atoms with van der Waals surface area (Å²) >= 11 is 0. The van der Waals surface area contributed by atoms with Crippen LogP contribution in [0.1, 0.15) is 28.3 Å². The molecule has 1 heterocycles. The molecule has 1 N–H and O–H groups in total. The van der Waals surface area contributed by atoms with Crippen molar-refractivity contribution in [3.05, 3.63) is 84.3 Å². The summed E-state index contributed by atoms with van der Waals surface area (Å²) in [5.74, 6) is 1.94. The Bertz CT molecular complexity index is 884. The Hall–Kier alpha value is -3.21. The fourth-order valence-corrected chi connectivity index (χ4v) is 3.07. The van der Waals surface area contributed by atoms with Gasteiger partial charge in [-0.2, -0.15) is 0 Å². The Balaban J connectivity index is 1.33. The first-order valence-electron chi connectivity index (χ1n) is 8.66. The molecule has 0 bridgehead atoms. The molecule has 0 unspecified atom stereocenters. The number of nitrogens with one attached hydrogen (secondary N) is 1. The molecule has 1 aromatic heterocycles. The van der Waals surface area contributed by atoms with Gasteiger partial charge in [-0.25, -0.2) is 4.98 Å². The fraction of sp³-hybridized carbons (Fsp3) is 0.190. The van der Waals surface area contributed by atoms with E-state index in [4.69, 9.17) is 4.74 Å². The lowest BCUT2D eigenvalue weighted by Gasteiger charge is -2.08. The molecule has 3 aromatic rings. The van der Waals surface area contributed by atoms with Crippen LogP contribution in [-0.4, -0.2) is 22.4 Å². The quantitative estimate of drug-likeness (QED) is 0.738. The van der Waals surface area contributed by atoms with Crippen molar-refractivity contribution in [2.45, 2.75) is 12.3 Å². The zero-order valence-corrected chi connectivity index (χ0v) is 14.2. The number of carbonyl (C=O) groups excluding carboxylic acids is 1. The monoisotopic (exact) mass is 345 g/mol. The first-order chi connectivity index (χ1) is 12.8. The molecule has 1 aliphatic carbocycles. The second-order valence-corrected chi connectivity index (χ2v) is 6.40. The van der Waals surface area contributed by atoms with Crippen molar-refractivity contribution >= 4 is 5.91 Å². The van der Waals surface area contributed by atoms with Gasteiger partial charge < -0.3 is 10.1 Å². The van der Waals surface area contributed by atoms with E-state index >= 15 is 0 Å². The van der Waals surface area contributed by atoms with Crippen molar-refractivity contribution in [1.82, 2.24) is 15.3 Å². The highest BCUT2D eigenvalue weighted by Gasteiger charge is 2.38. The van der Waals surface area contributed by atoms with Crippen LogP contribution in [0.4, 0.5) is 0 Å². The van der Waals surface area contributed by atoms with Crippen LogP contribution in [0, 0.1) is 5.92 Å². The smallest absolute Gasteiger partial charge is 0.251 e. The minimum Gasteiger partial charge on any atom is -0.437 e. The van der Waals surface area contributed by atoms with Crippen LogP contribution < -0.4 is 10.1 Å². The summed E-state index contributed by atoms with van der Waals surface area (Å²) in [6, 6.07) is 17.5. The maximum absolute atomic E-state index is 12.4. The van der Waals surface area contributed by atoms with E-state index in [0.717, 1.165) is 6.42 Å². The highest BCUT2D eigenvalue weighted by atomic mass is 16.5. The lowest BCUT2D eigenvalue weighted by Crippen LogP contribution is -2.25. The summed E-state index contributed by atoms with van der Waals surface area (Å²) in [5, 5.41) is 3.03. The van der Waals surface area contributed by atoms with Gasteiger partial charge in [-0.05, 0) is 42.0 Å². The Morgan fingerprint density at radius 3 is 2.81 bits per heavy atom. The van der Waals surface area contributed by atoms with Gasteiger partial charge >= 0.3 is 0 Å². The molecule has 1 saturated carbocycles. The van der Waals surface area contributed by atoms with Gasteiger partial charge in [-0.15, -0.1) is 0 Å². The van der Waals surface area contributed by atoms with Crippen LogP contribution in [0.2, 0.25) is 0 Å². The molecule has 0 aliphatic heterocycles. The summed E-state index contributed by atoms with van der Waals surface area (Å²) in [6.45, 7) is 0.688. The molecule has 26 heavy (non-hydrogen) atoms. The van der Waals surface area contributed by atoms with Gasteiger partial charge in [0.1, 0.15) is 5.75 Å². The standard InChI is InChI=1S/C21H19N3O2/c25-21(24-13-17-12-19(17)15-5-2-1-3-6-15)16-7-4-8-18(11-16)26-20-14-22-9-10-23-20/h1-11,14,17,19H,12-13H2,(H,24,25)/t17-,19+/m1/s1. The van der Waals surface area contributed by atoms with E-state index in [9.17, 15) is 4.79 Å². The van der Waals surface area contributed by atoms with Crippen LogP contribution in [0.5, 0.6) is 11.6 Å².